The third-order valence-corrected chi connectivity index (χ3v) is 5.56. The number of anilines is 2. The van der Waals surface area contributed by atoms with Crippen LogP contribution >= 0.6 is 0 Å². The Morgan fingerprint density at radius 2 is 1.75 bits per heavy atom. The molecule has 10 heteroatoms. The van der Waals surface area contributed by atoms with E-state index < -0.39 is 4.92 Å². The second-order valence-corrected chi connectivity index (χ2v) is 7.44. The molecule has 0 spiro atoms. The molecule has 0 N–H and O–H groups in total. The average molecular weight is 439 g/mol. The first kappa shape index (κ1) is 21.3. The molecule has 0 bridgehead atoms. The number of aromatic nitrogens is 2. The van der Waals surface area contributed by atoms with Gasteiger partial charge >= 0.3 is 0 Å². The zero-order valence-corrected chi connectivity index (χ0v) is 17.7. The molecule has 9 nitrogen and oxygen atoms in total. The van der Waals surface area contributed by atoms with Crippen molar-refractivity contribution in [2.45, 2.75) is 0 Å². The molecular formula is C22H22FN5O4. The van der Waals surface area contributed by atoms with Crippen LogP contribution in [0.15, 0.2) is 48.8 Å². The van der Waals surface area contributed by atoms with E-state index in [4.69, 9.17) is 4.74 Å². The van der Waals surface area contributed by atoms with E-state index in [1.54, 1.807) is 36.0 Å². The van der Waals surface area contributed by atoms with Crippen molar-refractivity contribution < 1.29 is 18.8 Å². The molecule has 0 radical (unpaired) electrons. The lowest BCUT2D eigenvalue weighted by Gasteiger charge is -2.37. The van der Waals surface area contributed by atoms with Gasteiger partial charge in [-0.2, -0.15) is 0 Å². The number of aryl methyl sites for hydroxylation is 1. The highest BCUT2D eigenvalue weighted by Gasteiger charge is 2.27. The van der Waals surface area contributed by atoms with Gasteiger partial charge in [-0.05, 0) is 24.3 Å². The van der Waals surface area contributed by atoms with Crippen molar-refractivity contribution in [2.24, 2.45) is 7.05 Å². The van der Waals surface area contributed by atoms with E-state index in [-0.39, 0.29) is 28.7 Å². The third kappa shape index (κ3) is 3.98. The van der Waals surface area contributed by atoms with Crippen LogP contribution in [0.3, 0.4) is 0 Å². The number of nitrogens with zero attached hydrogens (tertiary/aromatic N) is 5. The number of piperazine rings is 1. The predicted molar refractivity (Wildman–Crippen MR) is 117 cm³/mol. The number of rotatable bonds is 6. The topological polar surface area (TPSA) is 93.7 Å². The molecule has 0 aliphatic carbocycles. The van der Waals surface area contributed by atoms with E-state index in [2.05, 4.69) is 9.88 Å². The van der Waals surface area contributed by atoms with Crippen molar-refractivity contribution in [1.29, 1.82) is 0 Å². The SMILES string of the molecule is COc1cc(F)ccc1N1CCN(c2ccc(C(=O)c3nccn3C)cc2[N+](=O)[O-])CC1. The Balaban J connectivity index is 1.55. The Bertz CT molecular complexity index is 1170. The van der Waals surface area contributed by atoms with Gasteiger partial charge < -0.3 is 19.1 Å². The van der Waals surface area contributed by atoms with E-state index in [9.17, 15) is 19.3 Å². The molecule has 0 atom stereocenters. The molecule has 2 heterocycles. The lowest BCUT2D eigenvalue weighted by Crippen LogP contribution is -2.46. The number of hydrogen-bond donors (Lipinski definition) is 0. The summed E-state index contributed by atoms with van der Waals surface area (Å²) in [6.07, 6.45) is 3.15. The van der Waals surface area contributed by atoms with Gasteiger partial charge in [0.1, 0.15) is 17.3 Å². The van der Waals surface area contributed by atoms with Crippen LogP contribution < -0.4 is 14.5 Å². The summed E-state index contributed by atoms with van der Waals surface area (Å²) in [6.45, 7) is 2.20. The van der Waals surface area contributed by atoms with E-state index in [1.165, 1.54) is 31.5 Å². The molecule has 1 aromatic heterocycles. The molecule has 4 rings (SSSR count). The number of ether oxygens (including phenoxy) is 1. The fourth-order valence-electron chi connectivity index (χ4n) is 3.89. The summed E-state index contributed by atoms with van der Waals surface area (Å²) in [5, 5.41) is 11.8. The molecule has 0 unspecified atom stereocenters. The molecule has 0 saturated carbocycles. The van der Waals surface area contributed by atoms with Crippen molar-refractivity contribution >= 4 is 22.8 Å². The predicted octanol–water partition coefficient (Wildman–Crippen LogP) is 3.03. The number of methoxy groups -OCH3 is 1. The van der Waals surface area contributed by atoms with Crippen molar-refractivity contribution in [3.63, 3.8) is 0 Å². The van der Waals surface area contributed by atoms with Gasteiger partial charge in [0.25, 0.3) is 5.69 Å². The lowest BCUT2D eigenvalue weighted by molar-refractivity contribution is -0.384. The average Bonchev–Trinajstić information content (AvgIpc) is 3.24. The molecule has 32 heavy (non-hydrogen) atoms. The van der Waals surface area contributed by atoms with Gasteiger partial charge in [-0.25, -0.2) is 9.37 Å². The molecular weight excluding hydrogens is 417 g/mol. The number of imidazole rings is 1. The normalized spacial score (nSPS) is 13.8. The second kappa shape index (κ2) is 8.66. The zero-order chi connectivity index (χ0) is 22.8. The van der Waals surface area contributed by atoms with Gasteiger partial charge in [-0.3, -0.25) is 14.9 Å². The van der Waals surface area contributed by atoms with Crippen molar-refractivity contribution in [3.8, 4) is 5.75 Å². The molecule has 0 amide bonds. The highest BCUT2D eigenvalue weighted by atomic mass is 19.1. The van der Waals surface area contributed by atoms with Crippen LogP contribution in [-0.4, -0.2) is 53.5 Å². The summed E-state index contributed by atoms with van der Waals surface area (Å²) in [6, 6.07) is 8.90. The molecule has 1 aliphatic rings. The van der Waals surface area contributed by atoms with Crippen LogP contribution in [0.2, 0.25) is 0 Å². The summed E-state index contributed by atoms with van der Waals surface area (Å²) in [5.41, 5.74) is 1.32. The van der Waals surface area contributed by atoms with E-state index in [1.807, 2.05) is 4.90 Å². The number of nitro groups is 1. The maximum atomic E-state index is 13.5. The van der Waals surface area contributed by atoms with Crippen LogP contribution in [-0.2, 0) is 7.05 Å². The summed E-state index contributed by atoms with van der Waals surface area (Å²) < 4.78 is 20.4. The molecule has 1 aliphatic heterocycles. The number of ketones is 1. The maximum Gasteiger partial charge on any atom is 0.293 e. The van der Waals surface area contributed by atoms with Crippen LogP contribution in [0.25, 0.3) is 0 Å². The minimum atomic E-state index is -0.472. The monoisotopic (exact) mass is 439 g/mol. The van der Waals surface area contributed by atoms with Gasteiger partial charge in [0.05, 0.1) is 17.7 Å². The van der Waals surface area contributed by atoms with Gasteiger partial charge in [0.15, 0.2) is 5.82 Å². The Kier molecular flexibility index (Phi) is 5.76. The molecule has 1 fully saturated rings. The number of nitro benzene ring substituents is 1. The summed E-state index contributed by atoms with van der Waals surface area (Å²) >= 11 is 0. The molecule has 2 aromatic carbocycles. The highest BCUT2D eigenvalue weighted by molar-refractivity contribution is 6.07. The molecule has 3 aromatic rings. The molecule has 166 valence electrons. The second-order valence-electron chi connectivity index (χ2n) is 7.44. The Hall–Kier alpha value is -3.95. The van der Waals surface area contributed by atoms with Crippen molar-refractivity contribution in [1.82, 2.24) is 9.55 Å². The summed E-state index contributed by atoms with van der Waals surface area (Å²) in [5.74, 6) is -0.0871. The van der Waals surface area contributed by atoms with E-state index >= 15 is 0 Å². The number of halogens is 1. The van der Waals surface area contributed by atoms with Gasteiger partial charge in [0, 0.05) is 63.3 Å². The zero-order valence-electron chi connectivity index (χ0n) is 17.7. The van der Waals surface area contributed by atoms with Crippen molar-refractivity contribution in [3.05, 3.63) is 76.1 Å². The standard InChI is InChI=1S/C22H22FN5O4/c1-25-8-7-24-22(25)21(29)15-3-5-17(19(13-15)28(30)31)26-9-11-27(12-10-26)18-6-4-16(23)14-20(18)32-2/h3-8,13-14H,9-12H2,1-2H3. The summed E-state index contributed by atoms with van der Waals surface area (Å²) in [4.78, 5) is 32.0. The van der Waals surface area contributed by atoms with Crippen LogP contribution in [0.5, 0.6) is 5.75 Å². The van der Waals surface area contributed by atoms with Crippen LogP contribution in [0, 0.1) is 15.9 Å². The van der Waals surface area contributed by atoms with Gasteiger partial charge in [0.2, 0.25) is 5.78 Å². The highest BCUT2D eigenvalue weighted by Crippen LogP contribution is 2.33. The fourth-order valence-corrected chi connectivity index (χ4v) is 3.89. The number of carbonyl (C=O) groups excluding carboxylic acids is 1. The van der Waals surface area contributed by atoms with E-state index in [0.717, 1.165) is 5.69 Å². The van der Waals surface area contributed by atoms with Crippen LogP contribution in [0.1, 0.15) is 16.2 Å². The lowest BCUT2D eigenvalue weighted by atomic mass is 10.1. The van der Waals surface area contributed by atoms with E-state index in [0.29, 0.717) is 37.6 Å². The third-order valence-electron chi connectivity index (χ3n) is 5.56. The van der Waals surface area contributed by atoms with Crippen molar-refractivity contribution in [2.75, 3.05) is 43.1 Å². The first-order chi connectivity index (χ1) is 15.4. The number of carbonyl (C=O) groups is 1. The van der Waals surface area contributed by atoms with Gasteiger partial charge in [-0.1, -0.05) is 0 Å². The van der Waals surface area contributed by atoms with Gasteiger partial charge in [-0.15, -0.1) is 0 Å². The largest absolute Gasteiger partial charge is 0.494 e. The molecule has 1 saturated heterocycles. The fraction of sp³-hybridized carbons (Fsp3) is 0.273. The van der Waals surface area contributed by atoms with Crippen LogP contribution in [0.4, 0.5) is 21.5 Å². The minimum absolute atomic E-state index is 0.127. The smallest absolute Gasteiger partial charge is 0.293 e. The Morgan fingerprint density at radius 1 is 1.09 bits per heavy atom. The first-order valence-corrected chi connectivity index (χ1v) is 10.0. The Labute approximate surface area is 183 Å². The Morgan fingerprint density at radius 3 is 2.34 bits per heavy atom. The minimum Gasteiger partial charge on any atom is -0.494 e. The summed E-state index contributed by atoms with van der Waals surface area (Å²) in [7, 11) is 3.18. The quantitative estimate of drug-likeness (QED) is 0.331. The first-order valence-electron chi connectivity index (χ1n) is 10.0. The number of benzene rings is 2. The number of hydrogen-bond acceptors (Lipinski definition) is 7. The maximum absolute atomic E-state index is 13.5.